The van der Waals surface area contributed by atoms with Gasteiger partial charge in [-0.2, -0.15) is 0 Å². The molecule has 138 valence electrons. The van der Waals surface area contributed by atoms with Crippen molar-refractivity contribution in [1.29, 1.82) is 0 Å². The normalized spacial score (nSPS) is 51.6. The van der Waals surface area contributed by atoms with Gasteiger partial charge in [-0.05, 0) is 112 Å². The van der Waals surface area contributed by atoms with Gasteiger partial charge in [0.1, 0.15) is 0 Å². The monoisotopic (exact) mass is 350 g/mol. The Hall–Kier alpha value is 0.137. The molecule has 4 rings (SSSR count). The van der Waals surface area contributed by atoms with Gasteiger partial charge in [0.15, 0.2) is 8.32 Å². The molecule has 0 radical (unpaired) electrons. The predicted octanol–water partition coefficient (Wildman–Crippen LogP) is 5.22. The van der Waals surface area contributed by atoms with E-state index in [1.54, 1.807) is 0 Å². The van der Waals surface area contributed by atoms with Crippen molar-refractivity contribution >= 4 is 8.32 Å². The molecule has 0 aromatic rings. The van der Waals surface area contributed by atoms with E-state index in [9.17, 15) is 5.11 Å². The van der Waals surface area contributed by atoms with E-state index in [1.807, 2.05) is 0 Å². The maximum absolute atomic E-state index is 10.1. The highest BCUT2D eigenvalue weighted by atomic mass is 28.4. The van der Waals surface area contributed by atoms with E-state index >= 15 is 0 Å². The molecule has 0 bridgehead atoms. The molecule has 0 heterocycles. The smallest absolute Gasteiger partial charge is 0.184 e. The average Bonchev–Trinajstić information content (AvgIpc) is 2.82. The standard InChI is InChI=1S/C21H38O2Si/c1-21-12-11-17-16-8-6-15(22)13-14(16)5-7-18(17)19(21)9-10-20(21)23-24(2,3)4/h14-20,22H,5-13H2,1-4H3. The molecule has 0 aromatic heterocycles. The molecule has 4 fully saturated rings. The molecule has 2 nitrogen and oxygen atoms in total. The summed E-state index contributed by atoms with van der Waals surface area (Å²) >= 11 is 0. The summed E-state index contributed by atoms with van der Waals surface area (Å²) in [6.45, 7) is 9.64. The highest BCUT2D eigenvalue weighted by Crippen LogP contribution is 2.63. The summed E-state index contributed by atoms with van der Waals surface area (Å²) in [5, 5.41) is 10.1. The molecule has 1 N–H and O–H groups in total. The van der Waals surface area contributed by atoms with E-state index in [2.05, 4.69) is 26.6 Å². The Kier molecular flexibility index (Phi) is 4.45. The molecule has 0 aromatic carbocycles. The molecule has 3 heteroatoms. The summed E-state index contributed by atoms with van der Waals surface area (Å²) in [5.74, 6) is 4.57. The number of aliphatic hydroxyl groups is 1. The molecule has 4 aliphatic rings. The summed E-state index contributed by atoms with van der Waals surface area (Å²) in [5.41, 5.74) is 0.447. The first-order chi connectivity index (χ1) is 11.3. The van der Waals surface area contributed by atoms with Gasteiger partial charge in [0.05, 0.1) is 12.2 Å². The lowest BCUT2D eigenvalue weighted by Crippen LogP contribution is -2.51. The largest absolute Gasteiger partial charge is 0.414 e. The third kappa shape index (κ3) is 2.93. The molecule has 4 saturated carbocycles. The number of fused-ring (bicyclic) bond motifs is 5. The summed E-state index contributed by atoms with van der Waals surface area (Å²) in [6, 6.07) is 0. The quantitative estimate of drug-likeness (QED) is 0.692. The van der Waals surface area contributed by atoms with Gasteiger partial charge in [0.25, 0.3) is 0 Å². The van der Waals surface area contributed by atoms with E-state index in [0.29, 0.717) is 11.5 Å². The molecule has 0 spiro atoms. The van der Waals surface area contributed by atoms with Crippen molar-refractivity contribution in [2.75, 3.05) is 0 Å². The minimum absolute atomic E-state index is 0.00217. The summed E-state index contributed by atoms with van der Waals surface area (Å²) in [7, 11) is -1.45. The maximum atomic E-state index is 10.1. The van der Waals surface area contributed by atoms with Crippen LogP contribution >= 0.6 is 0 Å². The molecule has 0 amide bonds. The maximum Gasteiger partial charge on any atom is 0.184 e. The average molecular weight is 351 g/mol. The van der Waals surface area contributed by atoms with Crippen molar-refractivity contribution in [3.8, 4) is 0 Å². The van der Waals surface area contributed by atoms with E-state index < -0.39 is 8.32 Å². The topological polar surface area (TPSA) is 29.5 Å². The Morgan fingerprint density at radius 2 is 1.62 bits per heavy atom. The lowest BCUT2D eigenvalue weighted by molar-refractivity contribution is -0.0882. The molecule has 24 heavy (non-hydrogen) atoms. The second-order valence-corrected chi connectivity index (χ2v) is 15.2. The van der Waals surface area contributed by atoms with E-state index in [-0.39, 0.29) is 6.10 Å². The van der Waals surface area contributed by atoms with Crippen LogP contribution in [0.4, 0.5) is 0 Å². The zero-order chi connectivity index (χ0) is 17.1. The summed E-state index contributed by atoms with van der Waals surface area (Å²) in [6.07, 6.45) is 12.3. The summed E-state index contributed by atoms with van der Waals surface area (Å²) < 4.78 is 6.68. The number of hydrogen-bond donors (Lipinski definition) is 1. The van der Waals surface area contributed by atoms with Crippen LogP contribution in [0.15, 0.2) is 0 Å². The third-order valence-electron chi connectivity index (χ3n) is 8.34. The summed E-state index contributed by atoms with van der Waals surface area (Å²) in [4.78, 5) is 0. The predicted molar refractivity (Wildman–Crippen MR) is 101 cm³/mol. The third-order valence-corrected chi connectivity index (χ3v) is 9.33. The zero-order valence-corrected chi connectivity index (χ0v) is 17.3. The second kappa shape index (κ2) is 6.09. The molecule has 4 aliphatic carbocycles. The van der Waals surface area contributed by atoms with E-state index in [1.165, 1.54) is 44.9 Å². The van der Waals surface area contributed by atoms with Gasteiger partial charge in [-0.1, -0.05) is 6.92 Å². The van der Waals surface area contributed by atoms with Crippen LogP contribution in [0, 0.1) is 35.0 Å². The fourth-order valence-electron chi connectivity index (χ4n) is 7.40. The Labute approximate surface area is 149 Å². The van der Waals surface area contributed by atoms with Gasteiger partial charge in [-0.3, -0.25) is 0 Å². The van der Waals surface area contributed by atoms with Crippen molar-refractivity contribution in [2.24, 2.45) is 35.0 Å². The zero-order valence-electron chi connectivity index (χ0n) is 16.3. The van der Waals surface area contributed by atoms with Crippen molar-refractivity contribution in [3.63, 3.8) is 0 Å². The van der Waals surface area contributed by atoms with Crippen molar-refractivity contribution in [2.45, 2.75) is 96.6 Å². The minimum Gasteiger partial charge on any atom is -0.414 e. The SMILES string of the molecule is CC12CCC3C4CCC(O)CC4CCC3C1CCC2O[Si](C)(C)C. The Bertz CT molecular complexity index is 473. The number of rotatable bonds is 2. The van der Waals surface area contributed by atoms with Gasteiger partial charge in [-0.15, -0.1) is 0 Å². The van der Waals surface area contributed by atoms with Gasteiger partial charge in [0, 0.05) is 0 Å². The van der Waals surface area contributed by atoms with Gasteiger partial charge in [-0.25, -0.2) is 0 Å². The van der Waals surface area contributed by atoms with Crippen LogP contribution in [0.2, 0.25) is 19.6 Å². The van der Waals surface area contributed by atoms with Crippen LogP contribution in [-0.2, 0) is 4.43 Å². The number of hydrogen-bond acceptors (Lipinski definition) is 2. The number of aliphatic hydroxyl groups excluding tert-OH is 1. The van der Waals surface area contributed by atoms with Crippen molar-refractivity contribution in [1.82, 2.24) is 0 Å². The fraction of sp³-hybridized carbons (Fsp3) is 1.00. The van der Waals surface area contributed by atoms with Crippen LogP contribution in [0.1, 0.15) is 64.7 Å². The molecule has 0 aliphatic heterocycles. The van der Waals surface area contributed by atoms with Crippen LogP contribution < -0.4 is 0 Å². The molecule has 0 saturated heterocycles. The highest BCUT2D eigenvalue weighted by molar-refractivity contribution is 6.69. The van der Waals surface area contributed by atoms with Crippen LogP contribution in [0.3, 0.4) is 0 Å². The lowest BCUT2D eigenvalue weighted by atomic mass is 9.50. The van der Waals surface area contributed by atoms with Crippen LogP contribution in [0.5, 0.6) is 0 Å². The van der Waals surface area contributed by atoms with Gasteiger partial charge in [0.2, 0.25) is 0 Å². The first kappa shape index (κ1) is 17.5. The van der Waals surface area contributed by atoms with Gasteiger partial charge >= 0.3 is 0 Å². The first-order valence-electron chi connectivity index (χ1n) is 10.6. The highest BCUT2D eigenvalue weighted by Gasteiger charge is 2.57. The Morgan fingerprint density at radius 3 is 2.38 bits per heavy atom. The molecule has 8 unspecified atom stereocenters. The second-order valence-electron chi connectivity index (χ2n) is 10.7. The Balaban J connectivity index is 1.51. The van der Waals surface area contributed by atoms with Gasteiger partial charge < -0.3 is 9.53 Å². The van der Waals surface area contributed by atoms with Crippen molar-refractivity contribution < 1.29 is 9.53 Å². The molecular weight excluding hydrogens is 312 g/mol. The Morgan fingerprint density at radius 1 is 0.875 bits per heavy atom. The first-order valence-corrected chi connectivity index (χ1v) is 14.0. The van der Waals surface area contributed by atoms with E-state index in [0.717, 1.165) is 42.4 Å². The molecule has 8 atom stereocenters. The lowest BCUT2D eigenvalue weighted by Gasteiger charge is -2.56. The van der Waals surface area contributed by atoms with Crippen molar-refractivity contribution in [3.05, 3.63) is 0 Å². The van der Waals surface area contributed by atoms with E-state index in [4.69, 9.17) is 4.43 Å². The van der Waals surface area contributed by atoms with Crippen LogP contribution in [-0.4, -0.2) is 25.6 Å². The minimum atomic E-state index is -1.45. The fourth-order valence-corrected chi connectivity index (χ4v) is 8.64. The van der Waals surface area contributed by atoms with Crippen LogP contribution in [0.25, 0.3) is 0 Å². The molecular formula is C21H38O2Si.